The van der Waals surface area contributed by atoms with Crippen molar-refractivity contribution < 1.29 is 9.90 Å². The van der Waals surface area contributed by atoms with E-state index in [4.69, 9.17) is 5.11 Å². The van der Waals surface area contributed by atoms with Crippen LogP contribution in [-0.4, -0.2) is 72.2 Å². The Balaban J connectivity index is 1.71. The fraction of sp³-hybridized carbons (Fsp3) is 0.933. The maximum Gasteiger partial charge on any atom is 0.320 e. The van der Waals surface area contributed by atoms with Crippen LogP contribution in [0.3, 0.4) is 0 Å². The van der Waals surface area contributed by atoms with E-state index in [1.165, 1.54) is 38.8 Å². The molecule has 0 radical (unpaired) electrons. The van der Waals surface area contributed by atoms with Crippen LogP contribution in [0.15, 0.2) is 0 Å². The van der Waals surface area contributed by atoms with Gasteiger partial charge in [-0.3, -0.25) is 9.69 Å². The molecule has 0 spiro atoms. The lowest BCUT2D eigenvalue weighted by molar-refractivity contribution is -0.139. The molecule has 0 aromatic rings. The van der Waals surface area contributed by atoms with Crippen LogP contribution < -0.4 is 5.32 Å². The van der Waals surface area contributed by atoms with Crippen molar-refractivity contribution in [3.63, 3.8) is 0 Å². The molecule has 2 atom stereocenters. The van der Waals surface area contributed by atoms with E-state index >= 15 is 0 Å². The summed E-state index contributed by atoms with van der Waals surface area (Å²) in [5.41, 5.74) is 0. The van der Waals surface area contributed by atoms with Crippen molar-refractivity contribution in [2.45, 2.75) is 51.1 Å². The number of likely N-dealkylation sites (tertiary alicyclic amines) is 2. The zero-order chi connectivity index (χ0) is 14.4. The van der Waals surface area contributed by atoms with E-state index in [0.717, 1.165) is 19.6 Å². The Bertz CT molecular complexity index is 305. The number of nitrogens with one attached hydrogen (secondary N) is 1. The Labute approximate surface area is 122 Å². The van der Waals surface area contributed by atoms with Crippen molar-refractivity contribution in [1.29, 1.82) is 0 Å². The van der Waals surface area contributed by atoms with Crippen LogP contribution in [-0.2, 0) is 4.79 Å². The van der Waals surface area contributed by atoms with Crippen LogP contribution in [0.4, 0.5) is 0 Å². The summed E-state index contributed by atoms with van der Waals surface area (Å²) >= 11 is 0. The van der Waals surface area contributed by atoms with Gasteiger partial charge in [-0.05, 0) is 51.9 Å². The molecule has 2 heterocycles. The highest BCUT2D eigenvalue weighted by Gasteiger charge is 2.29. The van der Waals surface area contributed by atoms with Crippen molar-refractivity contribution in [2.75, 3.05) is 39.3 Å². The van der Waals surface area contributed by atoms with Gasteiger partial charge in [0.2, 0.25) is 0 Å². The summed E-state index contributed by atoms with van der Waals surface area (Å²) in [5, 5.41) is 12.2. The molecule has 20 heavy (non-hydrogen) atoms. The lowest BCUT2D eigenvalue weighted by Crippen LogP contribution is -2.42. The Kier molecular flexibility index (Phi) is 6.26. The highest BCUT2D eigenvalue weighted by Crippen LogP contribution is 2.20. The quantitative estimate of drug-likeness (QED) is 0.730. The number of carbonyl (C=O) groups is 1. The van der Waals surface area contributed by atoms with Crippen molar-refractivity contribution >= 4 is 5.97 Å². The van der Waals surface area contributed by atoms with Gasteiger partial charge in [0.15, 0.2) is 0 Å². The molecule has 5 nitrogen and oxygen atoms in total. The molecule has 2 N–H and O–H groups in total. The Hall–Kier alpha value is -0.650. The van der Waals surface area contributed by atoms with E-state index in [0.29, 0.717) is 19.0 Å². The van der Waals surface area contributed by atoms with Crippen molar-refractivity contribution in [2.24, 2.45) is 0 Å². The highest BCUT2D eigenvalue weighted by atomic mass is 16.4. The Morgan fingerprint density at radius 2 is 2.05 bits per heavy atom. The smallest absolute Gasteiger partial charge is 0.320 e. The molecule has 2 aliphatic heterocycles. The third-order valence-corrected chi connectivity index (χ3v) is 4.64. The maximum absolute atomic E-state index is 11.1. The summed E-state index contributed by atoms with van der Waals surface area (Å²) in [4.78, 5) is 16.2. The molecule has 0 aliphatic carbocycles. The number of piperidine rings is 1. The second-order valence-corrected chi connectivity index (χ2v) is 6.08. The summed E-state index contributed by atoms with van der Waals surface area (Å²) in [6, 6.07) is 0.312. The number of hydrogen-bond acceptors (Lipinski definition) is 4. The van der Waals surface area contributed by atoms with Crippen molar-refractivity contribution in [3.8, 4) is 0 Å². The standard InChI is InChI=1S/C15H29N3O2/c1-2-16-14(15(19)20)7-11-17-10-6-13(12-17)18-8-4-3-5-9-18/h13-14,16H,2-12H2,1H3,(H,19,20). The summed E-state index contributed by atoms with van der Waals surface area (Å²) in [6.07, 6.45) is 6.03. The average Bonchev–Trinajstić information content (AvgIpc) is 2.93. The summed E-state index contributed by atoms with van der Waals surface area (Å²) in [5.74, 6) is -0.723. The highest BCUT2D eigenvalue weighted by molar-refractivity contribution is 5.73. The molecule has 0 aromatic heterocycles. The molecule has 0 aromatic carbocycles. The number of aliphatic carboxylic acids is 1. The monoisotopic (exact) mass is 283 g/mol. The molecule has 2 saturated heterocycles. The summed E-state index contributed by atoms with van der Waals surface area (Å²) < 4.78 is 0. The predicted octanol–water partition coefficient (Wildman–Crippen LogP) is 0.999. The molecule has 2 rings (SSSR count). The molecular formula is C15H29N3O2. The molecular weight excluding hydrogens is 254 g/mol. The molecule has 5 heteroatoms. The molecule has 116 valence electrons. The van der Waals surface area contributed by atoms with E-state index in [1.807, 2.05) is 6.92 Å². The van der Waals surface area contributed by atoms with Crippen LogP contribution in [0, 0.1) is 0 Å². The van der Waals surface area contributed by atoms with E-state index in [9.17, 15) is 4.79 Å². The average molecular weight is 283 g/mol. The number of hydrogen-bond donors (Lipinski definition) is 2. The van der Waals surface area contributed by atoms with Gasteiger partial charge in [0, 0.05) is 19.1 Å². The van der Waals surface area contributed by atoms with Crippen LogP contribution >= 0.6 is 0 Å². The first-order valence-electron chi connectivity index (χ1n) is 8.13. The zero-order valence-electron chi connectivity index (χ0n) is 12.7. The molecule has 0 saturated carbocycles. The topological polar surface area (TPSA) is 55.8 Å². The van der Waals surface area contributed by atoms with E-state index in [1.54, 1.807) is 0 Å². The van der Waals surface area contributed by atoms with E-state index in [2.05, 4.69) is 15.1 Å². The van der Waals surface area contributed by atoms with Crippen LogP contribution in [0.1, 0.15) is 39.0 Å². The summed E-state index contributed by atoms with van der Waals surface area (Å²) in [6.45, 7) is 8.33. The fourth-order valence-electron chi connectivity index (χ4n) is 3.47. The number of carboxylic acids is 1. The first-order valence-corrected chi connectivity index (χ1v) is 8.13. The third-order valence-electron chi connectivity index (χ3n) is 4.64. The lowest BCUT2D eigenvalue weighted by Gasteiger charge is -2.32. The summed E-state index contributed by atoms with van der Waals surface area (Å²) in [7, 11) is 0. The largest absolute Gasteiger partial charge is 0.480 e. The van der Waals surface area contributed by atoms with Gasteiger partial charge in [0.05, 0.1) is 0 Å². The van der Waals surface area contributed by atoms with Gasteiger partial charge in [-0.1, -0.05) is 13.3 Å². The number of carboxylic acid groups (broad SMARTS) is 1. The molecule has 2 fully saturated rings. The third kappa shape index (κ3) is 4.43. The number of nitrogens with zero attached hydrogens (tertiary/aromatic N) is 2. The SMILES string of the molecule is CCNC(CCN1CCC(N2CCCCC2)C1)C(=O)O. The second-order valence-electron chi connectivity index (χ2n) is 6.08. The molecule has 2 unspecified atom stereocenters. The minimum atomic E-state index is -0.723. The van der Waals surface area contributed by atoms with Gasteiger partial charge in [-0.25, -0.2) is 0 Å². The van der Waals surface area contributed by atoms with Gasteiger partial charge in [0.25, 0.3) is 0 Å². The van der Waals surface area contributed by atoms with Gasteiger partial charge in [-0.2, -0.15) is 0 Å². The van der Waals surface area contributed by atoms with Gasteiger partial charge in [-0.15, -0.1) is 0 Å². The minimum Gasteiger partial charge on any atom is -0.480 e. The van der Waals surface area contributed by atoms with Crippen LogP contribution in [0.25, 0.3) is 0 Å². The van der Waals surface area contributed by atoms with E-state index in [-0.39, 0.29) is 0 Å². The van der Waals surface area contributed by atoms with E-state index < -0.39 is 12.0 Å². The fourth-order valence-corrected chi connectivity index (χ4v) is 3.47. The van der Waals surface area contributed by atoms with Crippen molar-refractivity contribution in [3.05, 3.63) is 0 Å². The van der Waals surface area contributed by atoms with Crippen molar-refractivity contribution in [1.82, 2.24) is 15.1 Å². The normalized spacial score (nSPS) is 26.8. The predicted molar refractivity (Wildman–Crippen MR) is 80.0 cm³/mol. The Morgan fingerprint density at radius 3 is 2.70 bits per heavy atom. The Morgan fingerprint density at radius 1 is 1.30 bits per heavy atom. The van der Waals surface area contributed by atoms with Gasteiger partial charge >= 0.3 is 5.97 Å². The molecule has 0 bridgehead atoms. The van der Waals surface area contributed by atoms with Crippen LogP contribution in [0.2, 0.25) is 0 Å². The first-order chi connectivity index (χ1) is 9.70. The molecule has 2 aliphatic rings. The van der Waals surface area contributed by atoms with Gasteiger partial charge in [0.1, 0.15) is 6.04 Å². The van der Waals surface area contributed by atoms with Crippen LogP contribution in [0.5, 0.6) is 0 Å². The zero-order valence-corrected chi connectivity index (χ0v) is 12.7. The lowest BCUT2D eigenvalue weighted by atomic mass is 10.1. The molecule has 0 amide bonds. The minimum absolute atomic E-state index is 0.394. The second kappa shape index (κ2) is 7.96. The first kappa shape index (κ1) is 15.7. The number of rotatable bonds is 7. The maximum atomic E-state index is 11.1. The number of likely N-dealkylation sites (N-methyl/N-ethyl adjacent to an activating group) is 1. The van der Waals surface area contributed by atoms with Gasteiger partial charge < -0.3 is 15.3 Å².